The highest BCUT2D eigenvalue weighted by molar-refractivity contribution is 8.00. The van der Waals surface area contributed by atoms with E-state index in [2.05, 4.69) is 0 Å². The van der Waals surface area contributed by atoms with Crippen molar-refractivity contribution in [3.8, 4) is 28.0 Å². The van der Waals surface area contributed by atoms with Crippen molar-refractivity contribution in [2.75, 3.05) is 0 Å². The van der Waals surface area contributed by atoms with Gasteiger partial charge in [-0.2, -0.15) is 0 Å². The Morgan fingerprint density at radius 3 is 1.45 bits per heavy atom. The van der Waals surface area contributed by atoms with Crippen LogP contribution >= 0.6 is 29.3 Å². The van der Waals surface area contributed by atoms with E-state index in [9.17, 15) is 0 Å². The molecule has 0 amide bonds. The van der Waals surface area contributed by atoms with Crippen molar-refractivity contribution in [1.82, 2.24) is 0 Å². The van der Waals surface area contributed by atoms with Gasteiger partial charge in [-0.25, -0.2) is 0 Å². The molecule has 0 atom stereocenters. The second-order valence-electron chi connectivity index (χ2n) is 4.71. The van der Waals surface area contributed by atoms with Gasteiger partial charge in [-0.1, -0.05) is 78.9 Å². The molecule has 0 heterocycles. The molecule has 0 aliphatic carbocycles. The number of hydrogen-bond acceptors (Lipinski definition) is 1. The monoisotopic (exact) mass is 346 g/mol. The van der Waals surface area contributed by atoms with Crippen LogP contribution in [0.15, 0.2) is 78.9 Å². The Morgan fingerprint density at radius 2 is 1.05 bits per heavy atom. The first-order valence-corrected chi connectivity index (χ1v) is 9.86. The second-order valence-corrected chi connectivity index (χ2v) is 7.66. The van der Waals surface area contributed by atoms with Gasteiger partial charge < -0.3 is 4.52 Å². The maximum absolute atomic E-state index is 5.94. The van der Waals surface area contributed by atoms with Crippen molar-refractivity contribution >= 4 is 29.3 Å². The maximum atomic E-state index is 5.94. The maximum Gasteiger partial charge on any atom is 0.284 e. The van der Waals surface area contributed by atoms with Gasteiger partial charge >= 0.3 is 0 Å². The Bertz CT molecular complexity index is 688. The van der Waals surface area contributed by atoms with Crippen molar-refractivity contribution < 1.29 is 4.52 Å². The summed E-state index contributed by atoms with van der Waals surface area (Å²) in [6.45, 7) is -1.55. The van der Waals surface area contributed by atoms with Crippen molar-refractivity contribution in [1.29, 1.82) is 0 Å². The van der Waals surface area contributed by atoms with E-state index in [1.807, 2.05) is 78.9 Å². The van der Waals surface area contributed by atoms with E-state index >= 15 is 0 Å². The minimum Gasteiger partial charge on any atom is -0.443 e. The molecule has 0 bridgehead atoms. The molecule has 0 radical (unpaired) electrons. The molecule has 1 nitrogen and oxygen atoms in total. The van der Waals surface area contributed by atoms with E-state index in [1.54, 1.807) is 0 Å². The third-order valence-electron chi connectivity index (χ3n) is 3.34. The van der Waals surface area contributed by atoms with Gasteiger partial charge in [-0.05, 0) is 33.6 Å². The number of hydrogen-bond donors (Lipinski definition) is 0. The average molecular weight is 347 g/mol. The lowest BCUT2D eigenvalue weighted by Gasteiger charge is -2.16. The summed E-state index contributed by atoms with van der Waals surface area (Å²) in [6, 6.07) is 26.2. The molecule has 3 aromatic carbocycles. The van der Waals surface area contributed by atoms with Gasteiger partial charge in [-0.3, -0.25) is 0 Å². The van der Waals surface area contributed by atoms with Gasteiger partial charge in [0.1, 0.15) is 5.75 Å². The summed E-state index contributed by atoms with van der Waals surface area (Å²) in [4.78, 5) is 0. The molecule has 0 unspecified atom stereocenters. The molecule has 0 saturated heterocycles. The minimum absolute atomic E-state index is 0.719. The van der Waals surface area contributed by atoms with Crippen LogP contribution in [-0.4, -0.2) is 0 Å². The normalized spacial score (nSPS) is 10.7. The molecule has 110 valence electrons. The third kappa shape index (κ3) is 3.44. The molecule has 4 heteroatoms. The van der Waals surface area contributed by atoms with E-state index in [0.29, 0.717) is 0 Å². The first-order chi connectivity index (χ1) is 10.8. The third-order valence-corrected chi connectivity index (χ3v) is 4.08. The summed E-state index contributed by atoms with van der Waals surface area (Å²) in [5, 5.41) is 0. The summed E-state index contributed by atoms with van der Waals surface area (Å²) in [7, 11) is 0. The van der Waals surface area contributed by atoms with E-state index in [1.165, 1.54) is 0 Å². The number of halogens is 2. The van der Waals surface area contributed by atoms with Crippen LogP contribution in [0, 0.1) is 0 Å². The van der Waals surface area contributed by atoms with Crippen LogP contribution in [0.5, 0.6) is 5.75 Å². The van der Waals surface area contributed by atoms with Crippen LogP contribution in [0.25, 0.3) is 22.3 Å². The lowest BCUT2D eigenvalue weighted by Crippen LogP contribution is -1.90. The van der Waals surface area contributed by atoms with E-state index < -0.39 is 6.85 Å². The summed E-state index contributed by atoms with van der Waals surface area (Å²) in [5.74, 6) is 0.719. The Hall–Kier alpha value is -1.53. The largest absolute Gasteiger partial charge is 0.443 e. The van der Waals surface area contributed by atoms with Gasteiger partial charge in [-0.15, -0.1) is 0 Å². The van der Waals surface area contributed by atoms with Crippen molar-refractivity contribution in [2.45, 2.75) is 0 Å². The lowest BCUT2D eigenvalue weighted by molar-refractivity contribution is 0.642. The van der Waals surface area contributed by atoms with Gasteiger partial charge in [0.05, 0.1) is 0 Å². The van der Waals surface area contributed by atoms with Gasteiger partial charge in [0, 0.05) is 11.1 Å². The van der Waals surface area contributed by atoms with E-state index in [0.717, 1.165) is 28.0 Å². The molecule has 3 rings (SSSR count). The highest BCUT2D eigenvalue weighted by atomic mass is 35.9. The molecule has 0 aromatic heterocycles. The molecule has 0 fully saturated rings. The Morgan fingerprint density at radius 1 is 0.591 bits per heavy atom. The summed E-state index contributed by atoms with van der Waals surface area (Å²) in [6.07, 6.45) is 0. The zero-order valence-electron chi connectivity index (χ0n) is 11.6. The number of rotatable bonds is 4. The van der Waals surface area contributed by atoms with E-state index in [4.69, 9.17) is 27.0 Å². The van der Waals surface area contributed by atoms with Crippen molar-refractivity contribution in [3.63, 3.8) is 0 Å². The van der Waals surface area contributed by atoms with E-state index in [-0.39, 0.29) is 0 Å². The van der Waals surface area contributed by atoms with Crippen molar-refractivity contribution in [2.24, 2.45) is 0 Å². The zero-order chi connectivity index (χ0) is 15.4. The fourth-order valence-corrected chi connectivity index (χ4v) is 3.14. The van der Waals surface area contributed by atoms with Crippen molar-refractivity contribution in [3.05, 3.63) is 78.9 Å². The summed E-state index contributed by atoms with van der Waals surface area (Å²) < 4.78 is 5.78. The zero-order valence-corrected chi connectivity index (χ0v) is 14.0. The van der Waals surface area contributed by atoms with Crippen LogP contribution in [0.2, 0.25) is 0 Å². The van der Waals surface area contributed by atoms with Crippen LogP contribution in [0.4, 0.5) is 0 Å². The molecule has 0 N–H and O–H groups in total. The molecule has 0 aliphatic heterocycles. The van der Waals surface area contributed by atoms with Gasteiger partial charge in [0.15, 0.2) is 0 Å². The molecule has 3 aromatic rings. The highest BCUT2D eigenvalue weighted by Gasteiger charge is 2.16. The quantitative estimate of drug-likeness (QED) is 0.457. The SMILES string of the molecule is ClP(Cl)Oc1c(-c2ccccc2)cccc1-c1ccccc1. The second kappa shape index (κ2) is 7.15. The van der Waals surface area contributed by atoms with Gasteiger partial charge in [0.25, 0.3) is 6.85 Å². The number of para-hydroxylation sites is 1. The average Bonchev–Trinajstić information content (AvgIpc) is 2.56. The van der Waals surface area contributed by atoms with Crippen LogP contribution in [0.3, 0.4) is 0 Å². The molecular weight excluding hydrogens is 334 g/mol. The minimum atomic E-state index is -1.55. The van der Waals surface area contributed by atoms with Crippen LogP contribution in [-0.2, 0) is 0 Å². The molecule has 0 aliphatic rings. The predicted octanol–water partition coefficient (Wildman–Crippen LogP) is 7.10. The molecule has 22 heavy (non-hydrogen) atoms. The first kappa shape index (κ1) is 15.4. The first-order valence-electron chi connectivity index (χ1n) is 6.79. The molecular formula is C18H13Cl2OP. The van der Waals surface area contributed by atoms with Crippen LogP contribution in [0.1, 0.15) is 0 Å². The lowest BCUT2D eigenvalue weighted by atomic mass is 9.97. The number of benzene rings is 3. The Balaban J connectivity index is 2.19. The topological polar surface area (TPSA) is 9.23 Å². The fraction of sp³-hybridized carbons (Fsp3) is 0. The van der Waals surface area contributed by atoms with Gasteiger partial charge in [0.2, 0.25) is 0 Å². The fourth-order valence-electron chi connectivity index (χ4n) is 2.39. The smallest absolute Gasteiger partial charge is 0.284 e. The molecule has 0 spiro atoms. The predicted molar refractivity (Wildman–Crippen MR) is 96.6 cm³/mol. The Kier molecular flexibility index (Phi) is 5.00. The highest BCUT2D eigenvalue weighted by Crippen LogP contribution is 2.52. The summed E-state index contributed by atoms with van der Waals surface area (Å²) >= 11 is 11.9. The summed E-state index contributed by atoms with van der Waals surface area (Å²) in [5.41, 5.74) is 4.10. The Labute approximate surface area is 140 Å². The molecule has 0 saturated carbocycles. The van der Waals surface area contributed by atoms with Crippen LogP contribution < -0.4 is 4.52 Å². The standard InChI is InChI=1S/C18H13Cl2OP/c19-22(20)21-18-16(14-8-3-1-4-9-14)12-7-13-17(18)15-10-5-2-6-11-15/h1-13H.